The van der Waals surface area contributed by atoms with Crippen molar-refractivity contribution in [2.45, 2.75) is 58.4 Å². The summed E-state index contributed by atoms with van der Waals surface area (Å²) in [7, 11) is 0. The van der Waals surface area contributed by atoms with Crippen molar-refractivity contribution in [2.75, 3.05) is 0 Å². The van der Waals surface area contributed by atoms with Crippen molar-refractivity contribution in [2.24, 2.45) is 0 Å². The molecule has 1 heterocycles. The molecule has 0 aliphatic heterocycles. The van der Waals surface area contributed by atoms with Crippen LogP contribution in [0.15, 0.2) is 41.2 Å². The van der Waals surface area contributed by atoms with Gasteiger partial charge in [-0.25, -0.2) is 0 Å². The standard InChI is InChI=1S/C22H27NO/c1-3-5-6-7-8-9-10-11-14-19-18-22(24)20-15-12-13-16-21(20)23(19)17-4-2/h2,11-16,18H,3,5-10,17H2,1H3/b14-11+. The Hall–Kier alpha value is -2.27. The van der Waals surface area contributed by atoms with Gasteiger partial charge in [0.15, 0.2) is 5.43 Å². The summed E-state index contributed by atoms with van der Waals surface area (Å²) in [5.41, 5.74) is 1.85. The highest BCUT2D eigenvalue weighted by Crippen LogP contribution is 2.15. The molecular weight excluding hydrogens is 294 g/mol. The van der Waals surface area contributed by atoms with Crippen LogP contribution in [-0.4, -0.2) is 4.57 Å². The number of aromatic nitrogens is 1. The summed E-state index contributed by atoms with van der Waals surface area (Å²) in [4.78, 5) is 12.3. The number of para-hydroxylation sites is 1. The third-order valence-corrected chi connectivity index (χ3v) is 4.31. The lowest BCUT2D eigenvalue weighted by atomic mass is 10.1. The van der Waals surface area contributed by atoms with Gasteiger partial charge in [0.05, 0.1) is 12.1 Å². The SMILES string of the molecule is C#CCn1c(/C=C/CCCCCCCC)cc(=O)c2ccccc21. The van der Waals surface area contributed by atoms with E-state index in [1.807, 2.05) is 34.9 Å². The molecule has 0 atom stereocenters. The molecule has 0 saturated carbocycles. The van der Waals surface area contributed by atoms with E-state index in [0.29, 0.717) is 6.54 Å². The third kappa shape index (κ3) is 4.86. The van der Waals surface area contributed by atoms with Gasteiger partial charge >= 0.3 is 0 Å². The molecule has 1 aromatic carbocycles. The van der Waals surface area contributed by atoms with Gasteiger partial charge in [0.2, 0.25) is 0 Å². The van der Waals surface area contributed by atoms with Crippen molar-refractivity contribution in [1.29, 1.82) is 0 Å². The molecule has 126 valence electrons. The number of allylic oxidation sites excluding steroid dienone is 1. The van der Waals surface area contributed by atoms with E-state index in [-0.39, 0.29) is 5.43 Å². The summed E-state index contributed by atoms with van der Waals surface area (Å²) in [6.45, 7) is 2.71. The first-order chi connectivity index (χ1) is 11.8. The maximum atomic E-state index is 12.3. The molecule has 0 N–H and O–H groups in total. The van der Waals surface area contributed by atoms with Gasteiger partial charge in [-0.3, -0.25) is 4.79 Å². The molecule has 0 saturated heterocycles. The molecule has 0 aliphatic carbocycles. The van der Waals surface area contributed by atoms with Crippen molar-refractivity contribution in [3.05, 3.63) is 52.3 Å². The fraction of sp³-hybridized carbons (Fsp3) is 0.409. The van der Waals surface area contributed by atoms with Crippen molar-refractivity contribution in [3.8, 4) is 12.3 Å². The minimum Gasteiger partial charge on any atom is -0.329 e. The van der Waals surface area contributed by atoms with E-state index >= 15 is 0 Å². The second kappa shape index (κ2) is 9.78. The average Bonchev–Trinajstić information content (AvgIpc) is 2.60. The second-order valence-electron chi connectivity index (χ2n) is 6.20. The number of benzene rings is 1. The highest BCUT2D eigenvalue weighted by atomic mass is 16.1. The summed E-state index contributed by atoms with van der Waals surface area (Å²) in [5, 5.41) is 0.723. The summed E-state index contributed by atoms with van der Waals surface area (Å²) in [6, 6.07) is 9.33. The van der Waals surface area contributed by atoms with Crippen molar-refractivity contribution in [1.82, 2.24) is 4.57 Å². The molecule has 0 spiro atoms. The Labute approximate surface area is 145 Å². The molecule has 0 unspecified atom stereocenters. The Morgan fingerprint density at radius 1 is 1.12 bits per heavy atom. The van der Waals surface area contributed by atoms with Crippen LogP contribution in [0.2, 0.25) is 0 Å². The number of pyridine rings is 1. The number of fused-ring (bicyclic) bond motifs is 1. The van der Waals surface area contributed by atoms with Crippen molar-refractivity contribution < 1.29 is 0 Å². The summed E-state index contributed by atoms with van der Waals surface area (Å²) in [6.07, 6.45) is 18.5. The van der Waals surface area contributed by atoms with E-state index in [1.165, 1.54) is 38.5 Å². The molecular formula is C22H27NO. The van der Waals surface area contributed by atoms with E-state index in [1.54, 1.807) is 6.07 Å². The lowest BCUT2D eigenvalue weighted by Gasteiger charge is -2.12. The molecule has 0 amide bonds. The van der Waals surface area contributed by atoms with Crippen LogP contribution >= 0.6 is 0 Å². The Balaban J connectivity index is 2.08. The van der Waals surface area contributed by atoms with E-state index in [9.17, 15) is 4.79 Å². The Morgan fingerprint density at radius 2 is 1.88 bits per heavy atom. The highest BCUT2D eigenvalue weighted by molar-refractivity contribution is 5.80. The summed E-state index contributed by atoms with van der Waals surface area (Å²) < 4.78 is 2.04. The summed E-state index contributed by atoms with van der Waals surface area (Å²) in [5.74, 6) is 2.69. The van der Waals surface area contributed by atoms with Crippen LogP contribution < -0.4 is 5.43 Å². The zero-order valence-corrected chi connectivity index (χ0v) is 14.6. The minimum atomic E-state index is 0.0538. The van der Waals surface area contributed by atoms with Gasteiger partial charge in [0.25, 0.3) is 0 Å². The maximum absolute atomic E-state index is 12.3. The zero-order valence-electron chi connectivity index (χ0n) is 14.6. The van der Waals surface area contributed by atoms with Gasteiger partial charge in [-0.2, -0.15) is 0 Å². The van der Waals surface area contributed by atoms with Crippen LogP contribution in [-0.2, 0) is 6.54 Å². The lowest BCUT2D eigenvalue weighted by Crippen LogP contribution is -2.11. The van der Waals surface area contributed by atoms with E-state index < -0.39 is 0 Å². The van der Waals surface area contributed by atoms with Crippen LogP contribution in [0.3, 0.4) is 0 Å². The fourth-order valence-electron chi connectivity index (χ4n) is 3.00. The van der Waals surface area contributed by atoms with Crippen LogP contribution in [0.25, 0.3) is 17.0 Å². The van der Waals surface area contributed by atoms with E-state index in [0.717, 1.165) is 23.0 Å². The monoisotopic (exact) mass is 321 g/mol. The van der Waals surface area contributed by atoms with Crippen LogP contribution in [0.1, 0.15) is 57.6 Å². The third-order valence-electron chi connectivity index (χ3n) is 4.31. The first-order valence-corrected chi connectivity index (χ1v) is 9.00. The smallest absolute Gasteiger partial charge is 0.190 e. The Morgan fingerprint density at radius 3 is 2.67 bits per heavy atom. The number of unbranched alkanes of at least 4 members (excludes halogenated alkanes) is 6. The van der Waals surface area contributed by atoms with Crippen molar-refractivity contribution >= 4 is 17.0 Å². The van der Waals surface area contributed by atoms with Crippen LogP contribution in [0.4, 0.5) is 0 Å². The number of hydrogen-bond donors (Lipinski definition) is 0. The predicted molar refractivity (Wildman–Crippen MR) is 104 cm³/mol. The number of hydrogen-bond acceptors (Lipinski definition) is 1. The first-order valence-electron chi connectivity index (χ1n) is 9.00. The lowest BCUT2D eigenvalue weighted by molar-refractivity contribution is 0.611. The van der Waals surface area contributed by atoms with Crippen LogP contribution in [0, 0.1) is 12.3 Å². The molecule has 2 aromatic rings. The van der Waals surface area contributed by atoms with Gasteiger partial charge in [-0.05, 0) is 31.1 Å². The zero-order chi connectivity index (χ0) is 17.2. The largest absolute Gasteiger partial charge is 0.329 e. The van der Waals surface area contributed by atoms with Gasteiger partial charge in [0.1, 0.15) is 0 Å². The van der Waals surface area contributed by atoms with E-state index in [2.05, 4.69) is 18.9 Å². The number of terminal acetylenes is 1. The minimum absolute atomic E-state index is 0.0538. The molecule has 24 heavy (non-hydrogen) atoms. The molecule has 0 aliphatic rings. The molecule has 2 nitrogen and oxygen atoms in total. The van der Waals surface area contributed by atoms with Gasteiger partial charge in [0, 0.05) is 17.1 Å². The topological polar surface area (TPSA) is 22.0 Å². The Bertz CT molecular complexity index is 777. The fourth-order valence-corrected chi connectivity index (χ4v) is 3.00. The van der Waals surface area contributed by atoms with Gasteiger partial charge < -0.3 is 4.57 Å². The van der Waals surface area contributed by atoms with Gasteiger partial charge in [-0.15, -0.1) is 6.42 Å². The quantitative estimate of drug-likeness (QED) is 0.448. The molecule has 2 heteroatoms. The highest BCUT2D eigenvalue weighted by Gasteiger charge is 2.05. The summed E-state index contributed by atoms with van der Waals surface area (Å²) >= 11 is 0. The molecule has 2 rings (SSSR count). The normalized spacial score (nSPS) is 11.2. The van der Waals surface area contributed by atoms with Gasteiger partial charge in [-0.1, -0.05) is 63.2 Å². The Kier molecular flexibility index (Phi) is 7.36. The van der Waals surface area contributed by atoms with E-state index in [4.69, 9.17) is 6.42 Å². The molecule has 0 bridgehead atoms. The number of rotatable bonds is 9. The van der Waals surface area contributed by atoms with Crippen LogP contribution in [0.5, 0.6) is 0 Å². The molecule has 1 aromatic heterocycles. The average molecular weight is 321 g/mol. The molecule has 0 fully saturated rings. The first kappa shape index (κ1) is 18.1. The van der Waals surface area contributed by atoms with Crippen molar-refractivity contribution in [3.63, 3.8) is 0 Å². The molecule has 0 radical (unpaired) electrons. The maximum Gasteiger partial charge on any atom is 0.190 e. The predicted octanol–water partition coefficient (Wildman–Crippen LogP) is 5.40. The number of nitrogens with zero attached hydrogens (tertiary/aromatic N) is 1. The second-order valence-corrected chi connectivity index (χ2v) is 6.20.